The van der Waals surface area contributed by atoms with Crippen LogP contribution in [0.2, 0.25) is 0 Å². The first-order valence-corrected chi connectivity index (χ1v) is 5.83. The van der Waals surface area contributed by atoms with Crippen molar-refractivity contribution in [3.05, 3.63) is 35.6 Å². The Morgan fingerprint density at radius 1 is 1.41 bits per heavy atom. The minimum absolute atomic E-state index is 0.00111. The number of aliphatic hydroxyl groups excluding tert-OH is 1. The lowest BCUT2D eigenvalue weighted by Crippen LogP contribution is -2.22. The molecule has 1 atom stereocenters. The van der Waals surface area contributed by atoms with Gasteiger partial charge in [0.15, 0.2) is 0 Å². The van der Waals surface area contributed by atoms with Crippen molar-refractivity contribution in [1.29, 1.82) is 0 Å². The predicted molar refractivity (Wildman–Crippen MR) is 63.9 cm³/mol. The van der Waals surface area contributed by atoms with Gasteiger partial charge in [0.1, 0.15) is 5.82 Å². The summed E-state index contributed by atoms with van der Waals surface area (Å²) in [5, 5.41) is 12.5. The molecule has 0 fully saturated rings. The third-order valence-corrected chi connectivity index (χ3v) is 2.51. The van der Waals surface area contributed by atoms with E-state index in [0.29, 0.717) is 31.4 Å². The van der Waals surface area contributed by atoms with Gasteiger partial charge in [-0.3, -0.25) is 4.79 Å². The molecule has 94 valence electrons. The summed E-state index contributed by atoms with van der Waals surface area (Å²) in [6.07, 6.45) is 0.893. The molecule has 4 heteroatoms. The molecule has 0 aromatic heterocycles. The highest BCUT2D eigenvalue weighted by atomic mass is 19.1. The van der Waals surface area contributed by atoms with E-state index in [-0.39, 0.29) is 11.7 Å². The number of amides is 1. The van der Waals surface area contributed by atoms with E-state index in [1.54, 1.807) is 12.1 Å². The molecule has 0 heterocycles. The lowest BCUT2D eigenvalue weighted by Gasteiger charge is -2.10. The molecule has 2 N–H and O–H groups in total. The van der Waals surface area contributed by atoms with Crippen molar-refractivity contribution in [1.82, 2.24) is 5.32 Å². The Kier molecular flexibility index (Phi) is 5.63. The van der Waals surface area contributed by atoms with Crippen LogP contribution in [-0.2, 0) is 4.79 Å². The minimum atomic E-state index is -0.634. The maximum Gasteiger partial charge on any atom is 0.219 e. The Balaban J connectivity index is 2.32. The molecule has 17 heavy (non-hydrogen) atoms. The van der Waals surface area contributed by atoms with Crippen LogP contribution in [0.25, 0.3) is 0 Å². The predicted octanol–water partition coefficient (Wildman–Crippen LogP) is 2.17. The zero-order chi connectivity index (χ0) is 12.7. The third kappa shape index (κ3) is 4.95. The van der Waals surface area contributed by atoms with Gasteiger partial charge in [0, 0.05) is 13.0 Å². The maximum absolute atomic E-state index is 12.7. The standard InChI is InChI=1S/C13H18FNO2/c1-2-15-13(17)5-3-4-12(16)10-6-8-11(14)9-7-10/h6-9,12,16H,2-5H2,1H3,(H,15,17). The molecule has 0 saturated carbocycles. The first kappa shape index (κ1) is 13.6. The summed E-state index contributed by atoms with van der Waals surface area (Å²) in [4.78, 5) is 11.2. The topological polar surface area (TPSA) is 49.3 Å². The van der Waals surface area contributed by atoms with Gasteiger partial charge in [-0.2, -0.15) is 0 Å². The molecule has 0 aliphatic carbocycles. The van der Waals surface area contributed by atoms with Crippen LogP contribution in [0.1, 0.15) is 37.9 Å². The molecule has 0 radical (unpaired) electrons. The number of benzene rings is 1. The van der Waals surface area contributed by atoms with Crippen molar-refractivity contribution in [2.24, 2.45) is 0 Å². The van der Waals surface area contributed by atoms with Crippen LogP contribution in [0.3, 0.4) is 0 Å². The van der Waals surface area contributed by atoms with Gasteiger partial charge in [-0.05, 0) is 37.5 Å². The molecule has 0 saturated heterocycles. The van der Waals surface area contributed by atoms with Crippen LogP contribution >= 0.6 is 0 Å². The Morgan fingerprint density at radius 2 is 2.06 bits per heavy atom. The zero-order valence-electron chi connectivity index (χ0n) is 9.95. The molecular formula is C13H18FNO2. The summed E-state index contributed by atoms with van der Waals surface area (Å²) in [6.45, 7) is 2.49. The average Bonchev–Trinajstić information content (AvgIpc) is 2.30. The van der Waals surface area contributed by atoms with E-state index in [2.05, 4.69) is 5.32 Å². The molecule has 0 aliphatic heterocycles. The number of carbonyl (C=O) groups excluding carboxylic acids is 1. The number of hydrogen-bond donors (Lipinski definition) is 2. The van der Waals surface area contributed by atoms with Gasteiger partial charge in [-0.1, -0.05) is 12.1 Å². The number of rotatable bonds is 6. The molecule has 1 unspecified atom stereocenters. The summed E-state index contributed by atoms with van der Waals surface area (Å²) in [5.74, 6) is -0.318. The van der Waals surface area contributed by atoms with Crippen molar-refractivity contribution >= 4 is 5.91 Å². The fourth-order valence-electron chi connectivity index (χ4n) is 1.59. The van der Waals surface area contributed by atoms with Crippen molar-refractivity contribution in [3.8, 4) is 0 Å². The fourth-order valence-corrected chi connectivity index (χ4v) is 1.59. The van der Waals surface area contributed by atoms with E-state index in [9.17, 15) is 14.3 Å². The van der Waals surface area contributed by atoms with E-state index in [1.165, 1.54) is 12.1 Å². The molecule has 1 amide bonds. The van der Waals surface area contributed by atoms with Crippen molar-refractivity contribution in [3.63, 3.8) is 0 Å². The Bertz CT molecular complexity index is 351. The van der Waals surface area contributed by atoms with Gasteiger partial charge in [0.25, 0.3) is 0 Å². The zero-order valence-corrected chi connectivity index (χ0v) is 9.95. The first-order chi connectivity index (χ1) is 8.13. The lowest BCUT2D eigenvalue weighted by atomic mass is 10.0. The van der Waals surface area contributed by atoms with Crippen molar-refractivity contribution < 1.29 is 14.3 Å². The van der Waals surface area contributed by atoms with E-state index in [1.807, 2.05) is 6.92 Å². The number of aliphatic hydroxyl groups is 1. The molecule has 1 aromatic carbocycles. The van der Waals surface area contributed by atoms with Crippen LogP contribution < -0.4 is 5.32 Å². The quantitative estimate of drug-likeness (QED) is 0.799. The third-order valence-electron chi connectivity index (χ3n) is 2.51. The van der Waals surface area contributed by atoms with Gasteiger partial charge < -0.3 is 10.4 Å². The Hall–Kier alpha value is -1.42. The molecule has 3 nitrogen and oxygen atoms in total. The SMILES string of the molecule is CCNC(=O)CCCC(O)c1ccc(F)cc1. The maximum atomic E-state index is 12.7. The minimum Gasteiger partial charge on any atom is -0.388 e. The highest BCUT2D eigenvalue weighted by molar-refractivity contribution is 5.75. The molecule has 1 rings (SSSR count). The monoisotopic (exact) mass is 239 g/mol. The Labute approximate surface area is 101 Å². The smallest absolute Gasteiger partial charge is 0.219 e. The van der Waals surface area contributed by atoms with Crippen LogP contribution in [-0.4, -0.2) is 17.6 Å². The van der Waals surface area contributed by atoms with Crippen LogP contribution in [0.5, 0.6) is 0 Å². The van der Waals surface area contributed by atoms with E-state index in [4.69, 9.17) is 0 Å². The van der Waals surface area contributed by atoms with Crippen LogP contribution in [0, 0.1) is 5.82 Å². The van der Waals surface area contributed by atoms with Gasteiger partial charge in [-0.25, -0.2) is 4.39 Å². The largest absolute Gasteiger partial charge is 0.388 e. The number of halogens is 1. The number of nitrogens with one attached hydrogen (secondary N) is 1. The van der Waals surface area contributed by atoms with Gasteiger partial charge >= 0.3 is 0 Å². The number of hydrogen-bond acceptors (Lipinski definition) is 2. The summed E-state index contributed by atoms with van der Waals surface area (Å²) in [5.41, 5.74) is 0.683. The second-order valence-electron chi connectivity index (χ2n) is 3.91. The van der Waals surface area contributed by atoms with Crippen molar-refractivity contribution in [2.45, 2.75) is 32.3 Å². The average molecular weight is 239 g/mol. The summed E-state index contributed by atoms with van der Waals surface area (Å²) in [7, 11) is 0. The first-order valence-electron chi connectivity index (χ1n) is 5.83. The summed E-state index contributed by atoms with van der Waals surface area (Å²) in [6, 6.07) is 5.77. The highest BCUT2D eigenvalue weighted by Crippen LogP contribution is 2.19. The van der Waals surface area contributed by atoms with E-state index in [0.717, 1.165) is 0 Å². The van der Waals surface area contributed by atoms with Crippen LogP contribution in [0.4, 0.5) is 4.39 Å². The second-order valence-corrected chi connectivity index (χ2v) is 3.91. The van der Waals surface area contributed by atoms with E-state index < -0.39 is 6.10 Å². The normalized spacial score (nSPS) is 12.2. The molecule has 0 bridgehead atoms. The highest BCUT2D eigenvalue weighted by Gasteiger charge is 2.08. The van der Waals surface area contributed by atoms with Crippen molar-refractivity contribution in [2.75, 3.05) is 6.54 Å². The molecule has 1 aromatic rings. The molecule has 0 aliphatic rings. The van der Waals surface area contributed by atoms with Gasteiger partial charge in [0.2, 0.25) is 5.91 Å². The summed E-state index contributed by atoms with van der Waals surface area (Å²) < 4.78 is 12.7. The lowest BCUT2D eigenvalue weighted by molar-refractivity contribution is -0.121. The van der Waals surface area contributed by atoms with E-state index >= 15 is 0 Å². The number of carbonyl (C=O) groups is 1. The molecule has 0 spiro atoms. The van der Waals surface area contributed by atoms with Gasteiger partial charge in [0.05, 0.1) is 6.10 Å². The second kappa shape index (κ2) is 7.01. The van der Waals surface area contributed by atoms with Crippen LogP contribution in [0.15, 0.2) is 24.3 Å². The Morgan fingerprint density at radius 3 is 2.65 bits per heavy atom. The summed E-state index contributed by atoms with van der Waals surface area (Å²) >= 11 is 0. The van der Waals surface area contributed by atoms with Gasteiger partial charge in [-0.15, -0.1) is 0 Å². The molecular weight excluding hydrogens is 221 g/mol. The fraction of sp³-hybridized carbons (Fsp3) is 0.462.